The number of ketones is 1. The molecule has 31 heavy (non-hydrogen) atoms. The summed E-state index contributed by atoms with van der Waals surface area (Å²) in [6, 6.07) is 2.98. The van der Waals surface area contributed by atoms with E-state index in [-0.39, 0.29) is 17.1 Å². The number of nitro groups is 1. The number of nitrogens with zero attached hydrogens (tertiary/aromatic N) is 3. The van der Waals surface area contributed by atoms with E-state index in [0.29, 0.717) is 36.4 Å². The van der Waals surface area contributed by atoms with Gasteiger partial charge >= 0.3 is 5.69 Å². The van der Waals surface area contributed by atoms with E-state index >= 15 is 0 Å². The molecule has 1 amide bonds. The Morgan fingerprint density at radius 3 is 2.48 bits per heavy atom. The highest BCUT2D eigenvalue weighted by Gasteiger charge is 2.19. The molecule has 0 spiro atoms. The lowest BCUT2D eigenvalue weighted by Gasteiger charge is -2.06. The number of hydrogen-bond donors (Lipinski definition) is 2. The molecule has 2 rings (SSSR count). The van der Waals surface area contributed by atoms with E-state index in [2.05, 4.69) is 25.6 Å². The molecule has 2 aromatic rings. The maximum absolute atomic E-state index is 12.0. The number of Topliss-reactive ketones (excluding diaryl/α,β-unsaturated/α-hetero) is 1. The summed E-state index contributed by atoms with van der Waals surface area (Å²) in [5, 5.41) is 24.2. The Morgan fingerprint density at radius 1 is 1.06 bits per heavy atom. The van der Waals surface area contributed by atoms with Gasteiger partial charge in [-0.3, -0.25) is 19.7 Å². The number of nitrogens with one attached hydrogen (secondary N) is 2. The average Bonchev–Trinajstić information content (AvgIpc) is 3.22. The summed E-state index contributed by atoms with van der Waals surface area (Å²) in [4.78, 5) is 33.1. The summed E-state index contributed by atoms with van der Waals surface area (Å²) in [6.45, 7) is 2.14. The second kappa shape index (κ2) is 13.1. The molecule has 10 heteroatoms. The molecule has 0 aliphatic carbocycles. The van der Waals surface area contributed by atoms with Crippen molar-refractivity contribution < 1.29 is 19.1 Å². The summed E-state index contributed by atoms with van der Waals surface area (Å²) in [5.41, 5.74) is 0.978. The molecule has 2 N–H and O–H groups in total. The lowest BCUT2D eigenvalue weighted by Crippen LogP contribution is -2.11. The number of allylic oxidation sites excluding steroid dienone is 1. The van der Waals surface area contributed by atoms with Crippen molar-refractivity contribution in [2.75, 3.05) is 11.9 Å². The molecule has 0 saturated carbocycles. The Balaban J connectivity index is 1.53. The van der Waals surface area contributed by atoms with Crippen LogP contribution in [0.3, 0.4) is 0 Å². The molecular formula is C21H29N5O5. The molecule has 1 aromatic heterocycles. The number of benzene rings is 1. The molecule has 1 aromatic carbocycles. The first kappa shape index (κ1) is 24.0. The SMILES string of the molecule is CC(=O)NC=CCCCCCC(=O)CCCCCNc1ccc([N+](=O)[O-])c2nonc12. The van der Waals surface area contributed by atoms with Gasteiger partial charge in [0.05, 0.1) is 10.6 Å². The predicted molar refractivity (Wildman–Crippen MR) is 116 cm³/mol. The summed E-state index contributed by atoms with van der Waals surface area (Å²) < 4.78 is 4.64. The lowest BCUT2D eigenvalue weighted by atomic mass is 10.0. The standard InChI is InChI=1S/C21H29N5O5/c1-16(27)22-14-8-4-2-3-6-10-17(28)11-7-5-9-15-23-18-12-13-19(26(29)30)21-20(18)24-31-25-21/h8,12-14,23H,2-7,9-11,15H2,1H3,(H,22,27). The summed E-state index contributed by atoms with van der Waals surface area (Å²) in [7, 11) is 0. The predicted octanol–water partition coefficient (Wildman–Crippen LogP) is 4.27. The first-order valence-electron chi connectivity index (χ1n) is 10.6. The highest BCUT2D eigenvalue weighted by molar-refractivity contribution is 5.93. The lowest BCUT2D eigenvalue weighted by molar-refractivity contribution is -0.383. The van der Waals surface area contributed by atoms with Gasteiger partial charge in [-0.1, -0.05) is 18.9 Å². The number of amides is 1. The van der Waals surface area contributed by atoms with Crippen LogP contribution in [0, 0.1) is 10.1 Å². The molecule has 168 valence electrons. The van der Waals surface area contributed by atoms with Gasteiger partial charge in [0.25, 0.3) is 0 Å². The van der Waals surface area contributed by atoms with Gasteiger partial charge in [0, 0.05) is 32.4 Å². The Bertz CT molecular complexity index is 909. The second-order valence-corrected chi connectivity index (χ2v) is 7.33. The fourth-order valence-corrected chi connectivity index (χ4v) is 3.14. The summed E-state index contributed by atoms with van der Waals surface area (Å²) >= 11 is 0. The molecule has 0 fully saturated rings. The Labute approximate surface area is 180 Å². The molecule has 0 aliphatic heterocycles. The fourth-order valence-electron chi connectivity index (χ4n) is 3.14. The van der Waals surface area contributed by atoms with E-state index in [4.69, 9.17) is 0 Å². The molecule has 0 bridgehead atoms. The number of non-ortho nitro benzene ring substituents is 1. The number of anilines is 1. The van der Waals surface area contributed by atoms with Crippen LogP contribution in [0.2, 0.25) is 0 Å². The van der Waals surface area contributed by atoms with E-state index < -0.39 is 4.92 Å². The van der Waals surface area contributed by atoms with Gasteiger partial charge in [-0.15, -0.1) is 0 Å². The monoisotopic (exact) mass is 431 g/mol. The van der Waals surface area contributed by atoms with Crippen LogP contribution in [0.15, 0.2) is 29.0 Å². The van der Waals surface area contributed by atoms with E-state index in [1.807, 2.05) is 6.08 Å². The van der Waals surface area contributed by atoms with Gasteiger partial charge in [-0.2, -0.15) is 0 Å². The number of nitro benzene ring substituents is 1. The Kier molecular flexibility index (Phi) is 10.1. The van der Waals surface area contributed by atoms with Crippen molar-refractivity contribution in [3.63, 3.8) is 0 Å². The third kappa shape index (κ3) is 8.53. The van der Waals surface area contributed by atoms with Crippen LogP contribution >= 0.6 is 0 Å². The third-order valence-corrected chi connectivity index (χ3v) is 4.77. The van der Waals surface area contributed by atoms with Crippen molar-refractivity contribution in [1.82, 2.24) is 15.6 Å². The van der Waals surface area contributed by atoms with Crippen molar-refractivity contribution >= 4 is 34.1 Å². The Hall–Kier alpha value is -3.30. The zero-order chi connectivity index (χ0) is 22.5. The molecule has 0 atom stereocenters. The van der Waals surface area contributed by atoms with Crippen LogP contribution in [-0.4, -0.2) is 33.5 Å². The number of fused-ring (bicyclic) bond motifs is 1. The maximum atomic E-state index is 12.0. The van der Waals surface area contributed by atoms with E-state index in [1.165, 1.54) is 13.0 Å². The van der Waals surface area contributed by atoms with Gasteiger partial charge in [-0.05, 0) is 54.7 Å². The van der Waals surface area contributed by atoms with Crippen LogP contribution in [-0.2, 0) is 9.59 Å². The third-order valence-electron chi connectivity index (χ3n) is 4.77. The number of hydrogen-bond acceptors (Lipinski definition) is 8. The number of carbonyl (C=O) groups is 2. The Morgan fingerprint density at radius 2 is 1.77 bits per heavy atom. The smallest absolute Gasteiger partial charge is 0.300 e. The van der Waals surface area contributed by atoms with Crippen LogP contribution in [0.4, 0.5) is 11.4 Å². The van der Waals surface area contributed by atoms with Gasteiger partial charge < -0.3 is 10.6 Å². The minimum atomic E-state index is -0.515. The number of unbranched alkanes of at least 4 members (excludes halogenated alkanes) is 5. The van der Waals surface area contributed by atoms with E-state index in [1.54, 1.807) is 12.3 Å². The minimum Gasteiger partial charge on any atom is -0.383 e. The van der Waals surface area contributed by atoms with E-state index in [9.17, 15) is 19.7 Å². The number of rotatable bonds is 15. The number of aromatic nitrogens is 2. The normalized spacial score (nSPS) is 11.1. The zero-order valence-electron chi connectivity index (χ0n) is 17.8. The highest BCUT2D eigenvalue weighted by Crippen LogP contribution is 2.28. The second-order valence-electron chi connectivity index (χ2n) is 7.33. The molecule has 1 heterocycles. The van der Waals surface area contributed by atoms with E-state index in [0.717, 1.165) is 44.9 Å². The van der Waals surface area contributed by atoms with Crippen LogP contribution in [0.1, 0.15) is 64.7 Å². The molecule has 10 nitrogen and oxygen atoms in total. The van der Waals surface area contributed by atoms with Gasteiger partial charge in [0.1, 0.15) is 5.78 Å². The van der Waals surface area contributed by atoms with Crippen molar-refractivity contribution in [3.05, 3.63) is 34.5 Å². The molecular weight excluding hydrogens is 402 g/mol. The topological polar surface area (TPSA) is 140 Å². The van der Waals surface area contributed by atoms with Crippen molar-refractivity contribution in [1.29, 1.82) is 0 Å². The highest BCUT2D eigenvalue weighted by atomic mass is 16.6. The van der Waals surface area contributed by atoms with Crippen LogP contribution in [0.5, 0.6) is 0 Å². The minimum absolute atomic E-state index is 0.0754. The number of carbonyl (C=O) groups excluding carboxylic acids is 2. The van der Waals surface area contributed by atoms with Crippen molar-refractivity contribution in [2.45, 2.75) is 64.7 Å². The first-order chi connectivity index (χ1) is 15.0. The van der Waals surface area contributed by atoms with Crippen LogP contribution in [0.25, 0.3) is 11.0 Å². The summed E-state index contributed by atoms with van der Waals surface area (Å²) in [6.07, 6.45) is 11.2. The van der Waals surface area contributed by atoms with Crippen LogP contribution < -0.4 is 10.6 Å². The summed E-state index contributed by atoms with van der Waals surface area (Å²) in [5.74, 6) is 0.223. The first-order valence-corrected chi connectivity index (χ1v) is 10.6. The molecule has 0 aliphatic rings. The zero-order valence-corrected chi connectivity index (χ0v) is 17.8. The maximum Gasteiger partial charge on any atom is 0.300 e. The van der Waals surface area contributed by atoms with Crippen molar-refractivity contribution in [3.8, 4) is 0 Å². The van der Waals surface area contributed by atoms with Crippen molar-refractivity contribution in [2.24, 2.45) is 0 Å². The molecule has 0 unspecified atom stereocenters. The fraction of sp³-hybridized carbons (Fsp3) is 0.524. The largest absolute Gasteiger partial charge is 0.383 e. The van der Waals surface area contributed by atoms with Gasteiger partial charge in [0.15, 0.2) is 5.52 Å². The molecule has 0 radical (unpaired) electrons. The quantitative estimate of drug-likeness (QED) is 0.242. The average molecular weight is 431 g/mol. The van der Waals surface area contributed by atoms with Gasteiger partial charge in [-0.25, -0.2) is 4.63 Å². The molecule has 0 saturated heterocycles. The van der Waals surface area contributed by atoms with Gasteiger partial charge in [0.2, 0.25) is 11.4 Å².